The maximum atomic E-state index is 3.73. The van der Waals surface area contributed by atoms with Crippen molar-refractivity contribution < 1.29 is 28.5 Å². The average molecular weight is 306 g/mol. The Labute approximate surface area is 103 Å². The van der Waals surface area contributed by atoms with Crippen LogP contribution in [0.5, 0.6) is 0 Å². The van der Waals surface area contributed by atoms with Gasteiger partial charge in [-0.2, -0.15) is 0 Å². The summed E-state index contributed by atoms with van der Waals surface area (Å²) in [6.45, 7) is 5.97. The molecule has 0 aromatic carbocycles. The van der Waals surface area contributed by atoms with Crippen LogP contribution in [0.25, 0.3) is 0 Å². The minimum atomic E-state index is 0. The van der Waals surface area contributed by atoms with Gasteiger partial charge in [0.25, 0.3) is 0 Å². The van der Waals surface area contributed by atoms with E-state index in [4.69, 9.17) is 0 Å². The molecule has 1 aromatic heterocycles. The van der Waals surface area contributed by atoms with Crippen LogP contribution in [0.3, 0.4) is 0 Å². The van der Waals surface area contributed by atoms with Crippen molar-refractivity contribution in [2.45, 2.75) is 38.6 Å². The standard InChI is InChI=1S/C11H18N2.HI/c1-3-5-6-7-11(4-2)13-9-8-12-10-13;/h3,8-11H,1,4-7H2,2H3;1H. The van der Waals surface area contributed by atoms with Crippen molar-refractivity contribution in [3.05, 3.63) is 31.4 Å². The zero-order valence-corrected chi connectivity index (χ0v) is 10.9. The summed E-state index contributed by atoms with van der Waals surface area (Å²) >= 11 is 0. The van der Waals surface area contributed by atoms with Crippen LogP contribution in [0.1, 0.15) is 38.6 Å². The van der Waals surface area contributed by atoms with E-state index in [1.54, 1.807) is 0 Å². The number of imidazole rings is 1. The number of nitrogens with zero attached hydrogens (tertiary/aromatic N) is 1. The number of nitrogens with one attached hydrogen (secondary N) is 1. The van der Waals surface area contributed by atoms with Gasteiger partial charge in [0.05, 0.1) is 0 Å². The molecule has 1 unspecified atom stereocenters. The summed E-state index contributed by atoms with van der Waals surface area (Å²) in [6.07, 6.45) is 12.9. The lowest BCUT2D eigenvalue weighted by Gasteiger charge is -2.09. The van der Waals surface area contributed by atoms with E-state index in [0.29, 0.717) is 6.04 Å². The third-order valence-corrected chi connectivity index (χ3v) is 2.40. The van der Waals surface area contributed by atoms with E-state index >= 15 is 0 Å². The predicted octanol–water partition coefficient (Wildman–Crippen LogP) is -0.386. The first-order chi connectivity index (χ1) is 6.38. The lowest BCUT2D eigenvalue weighted by atomic mass is 10.1. The molecule has 3 heteroatoms. The highest BCUT2D eigenvalue weighted by Crippen LogP contribution is 2.11. The fraction of sp³-hybridized carbons (Fsp3) is 0.545. The summed E-state index contributed by atoms with van der Waals surface area (Å²) in [5.41, 5.74) is 0. The molecule has 0 aliphatic heterocycles. The van der Waals surface area contributed by atoms with Crippen LogP contribution in [0.2, 0.25) is 0 Å². The highest BCUT2D eigenvalue weighted by molar-refractivity contribution is 4.67. The lowest BCUT2D eigenvalue weighted by Crippen LogP contribution is -3.00. The first-order valence-electron chi connectivity index (χ1n) is 5.03. The van der Waals surface area contributed by atoms with Crippen molar-refractivity contribution >= 4 is 0 Å². The average Bonchev–Trinajstić information content (AvgIpc) is 2.65. The van der Waals surface area contributed by atoms with Crippen LogP contribution < -0.4 is 28.5 Å². The minimum absolute atomic E-state index is 0. The highest BCUT2D eigenvalue weighted by Gasteiger charge is 2.11. The van der Waals surface area contributed by atoms with Gasteiger partial charge in [-0.25, -0.2) is 4.57 Å². The minimum Gasteiger partial charge on any atom is -1.00 e. The van der Waals surface area contributed by atoms with E-state index in [9.17, 15) is 0 Å². The van der Waals surface area contributed by atoms with E-state index in [1.165, 1.54) is 19.3 Å². The second-order valence-electron chi connectivity index (χ2n) is 3.34. The molecule has 1 rings (SSSR count). The van der Waals surface area contributed by atoms with Crippen LogP contribution in [0.15, 0.2) is 31.4 Å². The Hall–Kier alpha value is -0.320. The number of aromatic amines is 1. The Morgan fingerprint density at radius 1 is 1.57 bits per heavy atom. The molecule has 0 aliphatic rings. The summed E-state index contributed by atoms with van der Waals surface area (Å²) in [5, 5.41) is 0. The van der Waals surface area contributed by atoms with Crippen molar-refractivity contribution in [1.82, 2.24) is 4.98 Å². The molecule has 80 valence electrons. The Bertz CT molecular complexity index is 231. The van der Waals surface area contributed by atoms with Gasteiger partial charge < -0.3 is 24.0 Å². The molecule has 1 aromatic rings. The van der Waals surface area contributed by atoms with E-state index in [2.05, 4.69) is 29.3 Å². The van der Waals surface area contributed by atoms with Crippen molar-refractivity contribution in [2.75, 3.05) is 0 Å². The van der Waals surface area contributed by atoms with Gasteiger partial charge in [0.2, 0.25) is 6.33 Å². The Morgan fingerprint density at radius 3 is 2.86 bits per heavy atom. The van der Waals surface area contributed by atoms with Crippen molar-refractivity contribution in [3.8, 4) is 0 Å². The first-order valence-corrected chi connectivity index (χ1v) is 5.03. The molecule has 14 heavy (non-hydrogen) atoms. The molecule has 2 nitrogen and oxygen atoms in total. The van der Waals surface area contributed by atoms with Crippen LogP contribution in [-0.4, -0.2) is 4.98 Å². The molecular weight excluding hydrogens is 287 g/mol. The molecule has 1 atom stereocenters. The smallest absolute Gasteiger partial charge is 0.241 e. The number of unbranched alkanes of at least 4 members (excludes halogenated alkanes) is 1. The van der Waals surface area contributed by atoms with Crippen LogP contribution in [0.4, 0.5) is 0 Å². The molecule has 0 spiro atoms. The first kappa shape index (κ1) is 13.7. The number of halogens is 1. The zero-order valence-electron chi connectivity index (χ0n) is 8.75. The SMILES string of the molecule is C=CCCCC(CC)[n+]1cc[nH]c1.[I-]. The molecule has 0 radical (unpaired) electrons. The summed E-state index contributed by atoms with van der Waals surface area (Å²) < 4.78 is 2.25. The molecular formula is C11H19IN2. The van der Waals surface area contributed by atoms with Gasteiger partial charge >= 0.3 is 0 Å². The number of allylic oxidation sites excluding steroid dienone is 1. The normalized spacial score (nSPS) is 11.8. The molecule has 0 amide bonds. The van der Waals surface area contributed by atoms with Gasteiger partial charge in [0.1, 0.15) is 18.4 Å². The van der Waals surface area contributed by atoms with Gasteiger partial charge in [-0.3, -0.25) is 4.98 Å². The molecule has 0 fully saturated rings. The fourth-order valence-corrected chi connectivity index (χ4v) is 1.59. The number of hydrogen-bond donors (Lipinski definition) is 1. The van der Waals surface area contributed by atoms with Gasteiger partial charge in [0.15, 0.2) is 0 Å². The highest BCUT2D eigenvalue weighted by atomic mass is 127. The molecule has 0 bridgehead atoms. The molecule has 0 saturated heterocycles. The van der Waals surface area contributed by atoms with E-state index < -0.39 is 0 Å². The van der Waals surface area contributed by atoms with E-state index in [1.807, 2.05) is 18.6 Å². The number of hydrogen-bond acceptors (Lipinski definition) is 0. The lowest BCUT2D eigenvalue weighted by molar-refractivity contribution is -0.722. The monoisotopic (exact) mass is 306 g/mol. The second kappa shape index (κ2) is 8.03. The second-order valence-corrected chi connectivity index (χ2v) is 3.34. The quantitative estimate of drug-likeness (QED) is 0.320. The summed E-state index contributed by atoms with van der Waals surface area (Å²) in [6, 6.07) is 0.645. The molecule has 1 heterocycles. The molecule has 0 saturated carbocycles. The third-order valence-electron chi connectivity index (χ3n) is 2.40. The van der Waals surface area contributed by atoms with Crippen LogP contribution in [0, 0.1) is 0 Å². The van der Waals surface area contributed by atoms with Crippen molar-refractivity contribution in [3.63, 3.8) is 0 Å². The van der Waals surface area contributed by atoms with Gasteiger partial charge in [-0.15, -0.1) is 6.58 Å². The Balaban J connectivity index is 0.00000169. The van der Waals surface area contributed by atoms with Gasteiger partial charge in [0, 0.05) is 0 Å². The maximum Gasteiger partial charge on any atom is 0.241 e. The van der Waals surface area contributed by atoms with Gasteiger partial charge in [-0.05, 0) is 25.7 Å². The molecule has 0 aliphatic carbocycles. The largest absolute Gasteiger partial charge is 1.00 e. The third kappa shape index (κ3) is 4.26. The summed E-state index contributed by atoms with van der Waals surface area (Å²) in [5.74, 6) is 0. The maximum absolute atomic E-state index is 3.73. The summed E-state index contributed by atoms with van der Waals surface area (Å²) in [4.78, 5) is 3.08. The summed E-state index contributed by atoms with van der Waals surface area (Å²) in [7, 11) is 0. The zero-order chi connectivity index (χ0) is 9.52. The Kier molecular flexibility index (Phi) is 7.84. The van der Waals surface area contributed by atoms with Crippen molar-refractivity contribution in [1.29, 1.82) is 0 Å². The number of rotatable bonds is 6. The van der Waals surface area contributed by atoms with E-state index in [-0.39, 0.29) is 24.0 Å². The number of H-pyrrole nitrogens is 1. The Morgan fingerprint density at radius 2 is 2.36 bits per heavy atom. The topological polar surface area (TPSA) is 19.7 Å². The molecule has 1 N–H and O–H groups in total. The van der Waals surface area contributed by atoms with E-state index in [0.717, 1.165) is 6.42 Å². The fourth-order valence-electron chi connectivity index (χ4n) is 1.59. The van der Waals surface area contributed by atoms with Crippen molar-refractivity contribution in [2.24, 2.45) is 0 Å². The predicted molar refractivity (Wildman–Crippen MR) is 54.4 cm³/mol. The van der Waals surface area contributed by atoms with Gasteiger partial charge in [-0.1, -0.05) is 13.0 Å². The van der Waals surface area contributed by atoms with Crippen LogP contribution >= 0.6 is 0 Å². The van der Waals surface area contributed by atoms with Crippen LogP contribution in [-0.2, 0) is 0 Å². The number of aromatic nitrogens is 2.